The van der Waals surface area contributed by atoms with Crippen LogP contribution in [-0.4, -0.2) is 63.0 Å². The van der Waals surface area contributed by atoms with Crippen LogP contribution in [0.2, 0.25) is 0 Å². The average molecular weight is 560 g/mol. The highest BCUT2D eigenvalue weighted by atomic mass is 32.1. The molecule has 3 aromatic rings. The van der Waals surface area contributed by atoms with Crippen LogP contribution in [0.4, 0.5) is 0 Å². The molecular formula is C30H29N3O6S. The minimum Gasteiger partial charge on any atom is -0.475 e. The van der Waals surface area contributed by atoms with Gasteiger partial charge in [0.15, 0.2) is 0 Å². The maximum absolute atomic E-state index is 13.9. The Morgan fingerprint density at radius 1 is 0.950 bits per heavy atom. The van der Waals surface area contributed by atoms with Crippen molar-refractivity contribution in [1.82, 2.24) is 15.1 Å². The Kier molecular flexibility index (Phi) is 8.90. The van der Waals surface area contributed by atoms with E-state index < -0.39 is 42.2 Å². The third-order valence-corrected chi connectivity index (χ3v) is 7.34. The van der Waals surface area contributed by atoms with E-state index in [1.54, 1.807) is 78.3 Å². The summed E-state index contributed by atoms with van der Waals surface area (Å²) in [6.07, 6.45) is 1.56. The van der Waals surface area contributed by atoms with Gasteiger partial charge in [0.1, 0.15) is 18.6 Å². The molecule has 0 saturated heterocycles. The number of rotatable bonds is 10. The third kappa shape index (κ3) is 6.35. The number of hydrogen-bond donors (Lipinski definition) is 2. The van der Waals surface area contributed by atoms with Crippen LogP contribution in [-0.2, 0) is 25.6 Å². The summed E-state index contributed by atoms with van der Waals surface area (Å²) in [5.74, 6) is -4.59. The second-order valence-electron chi connectivity index (χ2n) is 9.66. The van der Waals surface area contributed by atoms with E-state index >= 15 is 0 Å². The highest BCUT2D eigenvalue weighted by Crippen LogP contribution is 2.31. The van der Waals surface area contributed by atoms with E-state index in [-0.39, 0.29) is 18.2 Å². The first kappa shape index (κ1) is 28.4. The lowest BCUT2D eigenvalue weighted by Crippen LogP contribution is -2.57. The smallest absolute Gasteiger partial charge is 0.374 e. The summed E-state index contributed by atoms with van der Waals surface area (Å²) in [5.41, 5.74) is 1.62. The molecule has 0 aliphatic carbocycles. The van der Waals surface area contributed by atoms with Gasteiger partial charge < -0.3 is 10.4 Å². The maximum Gasteiger partial charge on any atom is 0.374 e. The zero-order valence-electron chi connectivity index (χ0n) is 22.0. The number of thiophene rings is 1. The van der Waals surface area contributed by atoms with Crippen LogP contribution in [0.1, 0.15) is 34.6 Å². The van der Waals surface area contributed by atoms with Crippen LogP contribution >= 0.6 is 11.3 Å². The van der Waals surface area contributed by atoms with Crippen molar-refractivity contribution in [2.75, 3.05) is 6.54 Å². The first-order valence-electron chi connectivity index (χ1n) is 12.7. The predicted molar refractivity (Wildman–Crippen MR) is 150 cm³/mol. The van der Waals surface area contributed by atoms with Crippen molar-refractivity contribution in [2.24, 2.45) is 5.92 Å². The second kappa shape index (κ2) is 12.5. The highest BCUT2D eigenvalue weighted by molar-refractivity contribution is 7.12. The van der Waals surface area contributed by atoms with Gasteiger partial charge in [-0.05, 0) is 28.5 Å². The number of aliphatic carboxylic acids is 1. The molecule has 40 heavy (non-hydrogen) atoms. The van der Waals surface area contributed by atoms with Gasteiger partial charge in [0.2, 0.25) is 5.91 Å². The van der Waals surface area contributed by atoms with E-state index in [0.717, 1.165) is 0 Å². The van der Waals surface area contributed by atoms with Crippen molar-refractivity contribution in [2.45, 2.75) is 32.4 Å². The van der Waals surface area contributed by atoms with Crippen LogP contribution in [0, 0.1) is 5.92 Å². The average Bonchev–Trinajstić information content (AvgIpc) is 3.48. The second-order valence-corrected chi connectivity index (χ2v) is 10.6. The van der Waals surface area contributed by atoms with Crippen LogP contribution in [0.5, 0.6) is 0 Å². The number of nitrogens with one attached hydrogen (secondary N) is 1. The van der Waals surface area contributed by atoms with Crippen LogP contribution in [0.25, 0.3) is 5.70 Å². The Morgan fingerprint density at radius 2 is 1.60 bits per heavy atom. The number of amides is 3. The highest BCUT2D eigenvalue weighted by Gasteiger charge is 2.41. The Labute approximate surface area is 235 Å². The van der Waals surface area contributed by atoms with Crippen molar-refractivity contribution in [1.29, 1.82) is 0 Å². The minimum atomic E-state index is -1.66. The molecule has 2 atom stereocenters. The lowest BCUT2D eigenvalue weighted by Gasteiger charge is -2.41. The molecule has 2 aromatic carbocycles. The summed E-state index contributed by atoms with van der Waals surface area (Å²) in [6.45, 7) is 3.17. The molecule has 0 bridgehead atoms. The molecule has 2 N–H and O–H groups in total. The SMILES string of the molecule is CC(C)[C@H]1C(=O)N(CC(=O)N[C@@H](Cc2ccccc2)C(=O)C(=O)O)C(c2ccccc2)=CN1C(=O)c1cccs1. The topological polar surface area (TPSA) is 124 Å². The summed E-state index contributed by atoms with van der Waals surface area (Å²) in [5, 5.41) is 13.6. The molecular weight excluding hydrogens is 530 g/mol. The van der Waals surface area contributed by atoms with E-state index in [4.69, 9.17) is 0 Å². The zero-order chi connectivity index (χ0) is 28.8. The van der Waals surface area contributed by atoms with E-state index in [9.17, 15) is 29.1 Å². The van der Waals surface area contributed by atoms with E-state index in [2.05, 4.69) is 5.32 Å². The normalized spacial score (nSPS) is 15.9. The lowest BCUT2D eigenvalue weighted by atomic mass is 9.96. The molecule has 206 valence electrons. The number of carboxylic acids is 1. The van der Waals surface area contributed by atoms with Gasteiger partial charge >= 0.3 is 5.97 Å². The number of hydrogen-bond acceptors (Lipinski definition) is 6. The molecule has 4 rings (SSSR count). The number of Topliss-reactive ketones (excluding diaryl/α,β-unsaturated/α-hetero) is 1. The van der Waals surface area contributed by atoms with E-state index in [1.165, 1.54) is 21.1 Å². The molecule has 2 heterocycles. The Bertz CT molecular complexity index is 1420. The van der Waals surface area contributed by atoms with Gasteiger partial charge in [-0.2, -0.15) is 0 Å². The molecule has 0 radical (unpaired) electrons. The fraction of sp³-hybridized carbons (Fsp3) is 0.233. The first-order chi connectivity index (χ1) is 19.2. The van der Waals surface area contributed by atoms with Crippen molar-refractivity contribution in [3.63, 3.8) is 0 Å². The molecule has 3 amide bonds. The van der Waals surface area contributed by atoms with Crippen LogP contribution in [0.3, 0.4) is 0 Å². The molecule has 0 unspecified atom stereocenters. The van der Waals surface area contributed by atoms with Crippen molar-refractivity contribution >= 4 is 46.5 Å². The molecule has 1 aromatic heterocycles. The Hall–Kier alpha value is -4.57. The van der Waals surface area contributed by atoms with Gasteiger partial charge in [0.25, 0.3) is 17.6 Å². The van der Waals surface area contributed by atoms with Gasteiger partial charge in [-0.15, -0.1) is 11.3 Å². The van der Waals surface area contributed by atoms with E-state index in [1.807, 2.05) is 19.9 Å². The van der Waals surface area contributed by atoms with Gasteiger partial charge in [-0.3, -0.25) is 29.0 Å². The summed E-state index contributed by atoms with van der Waals surface area (Å²) in [7, 11) is 0. The largest absolute Gasteiger partial charge is 0.475 e. The number of benzene rings is 2. The predicted octanol–water partition coefficient (Wildman–Crippen LogP) is 3.44. The van der Waals surface area contributed by atoms with E-state index in [0.29, 0.717) is 21.7 Å². The first-order valence-corrected chi connectivity index (χ1v) is 13.6. The Balaban J connectivity index is 1.67. The number of nitrogens with zero attached hydrogens (tertiary/aromatic N) is 2. The number of carbonyl (C=O) groups excluding carboxylic acids is 4. The fourth-order valence-electron chi connectivity index (χ4n) is 4.59. The number of ketones is 1. The molecule has 1 aliphatic heterocycles. The van der Waals surface area contributed by atoms with Crippen molar-refractivity contribution < 1.29 is 29.1 Å². The number of carboxylic acid groups (broad SMARTS) is 1. The molecule has 0 spiro atoms. The standard InChI is InChI=1S/C30H29N3O6S/c1-19(2)26-29(37)32(18-25(34)31-22(27(35)30(38)39)16-20-10-5-3-6-11-20)23(21-12-7-4-8-13-21)17-33(26)28(36)24-14-9-15-40-24/h3-15,17,19,22,26H,16,18H2,1-2H3,(H,31,34)(H,38,39)/t22-,26-/m0/s1. The third-order valence-electron chi connectivity index (χ3n) is 6.49. The molecule has 0 fully saturated rings. The monoisotopic (exact) mass is 559 g/mol. The maximum atomic E-state index is 13.9. The summed E-state index contributed by atoms with van der Waals surface area (Å²) >= 11 is 1.27. The van der Waals surface area contributed by atoms with Crippen LogP contribution in [0.15, 0.2) is 84.4 Å². The molecule has 0 saturated carbocycles. The van der Waals surface area contributed by atoms with Gasteiger partial charge in [-0.25, -0.2) is 4.79 Å². The molecule has 1 aliphatic rings. The number of carbonyl (C=O) groups is 5. The van der Waals surface area contributed by atoms with Gasteiger partial charge in [-0.1, -0.05) is 80.6 Å². The van der Waals surface area contributed by atoms with Gasteiger partial charge in [0, 0.05) is 12.6 Å². The fourth-order valence-corrected chi connectivity index (χ4v) is 5.26. The summed E-state index contributed by atoms with van der Waals surface area (Å²) in [4.78, 5) is 67.8. The summed E-state index contributed by atoms with van der Waals surface area (Å²) < 4.78 is 0. The summed E-state index contributed by atoms with van der Waals surface area (Å²) in [6, 6.07) is 18.9. The van der Waals surface area contributed by atoms with Crippen LogP contribution < -0.4 is 5.32 Å². The minimum absolute atomic E-state index is 0.0231. The van der Waals surface area contributed by atoms with Gasteiger partial charge in [0.05, 0.1) is 10.6 Å². The zero-order valence-corrected chi connectivity index (χ0v) is 22.8. The molecule has 9 nitrogen and oxygen atoms in total. The lowest BCUT2D eigenvalue weighted by molar-refractivity contribution is -0.150. The Morgan fingerprint density at radius 3 is 2.17 bits per heavy atom. The van der Waals surface area contributed by atoms with Crippen molar-refractivity contribution in [3.8, 4) is 0 Å². The molecule has 10 heteroatoms. The quantitative estimate of drug-likeness (QED) is 0.367. The van der Waals surface area contributed by atoms with Crippen molar-refractivity contribution in [3.05, 3.63) is 100 Å².